The molecular formula is C55H56N4O9. The minimum Gasteiger partial charge on any atom is -0.493 e. The zero-order valence-corrected chi connectivity index (χ0v) is 38.4. The maximum absolute atomic E-state index is 12.9. The summed E-state index contributed by atoms with van der Waals surface area (Å²) in [5, 5.41) is 0. The monoisotopic (exact) mass is 916 g/mol. The molecule has 2 aliphatic carbocycles. The number of ether oxygens (including phenoxy) is 6. The van der Waals surface area contributed by atoms with E-state index in [1.54, 1.807) is 37.4 Å². The number of amides is 2. The first-order valence-corrected chi connectivity index (χ1v) is 23.5. The molecule has 5 heterocycles. The molecule has 13 nitrogen and oxygen atoms in total. The van der Waals surface area contributed by atoms with Gasteiger partial charge in [-0.2, -0.15) is 0 Å². The van der Waals surface area contributed by atoms with Crippen LogP contribution in [0.3, 0.4) is 0 Å². The summed E-state index contributed by atoms with van der Waals surface area (Å²) in [6.45, 7) is 4.70. The summed E-state index contributed by atoms with van der Waals surface area (Å²) < 4.78 is 34.1. The molecule has 4 aromatic carbocycles. The van der Waals surface area contributed by atoms with Crippen LogP contribution in [0.5, 0.6) is 28.7 Å². The average Bonchev–Trinajstić information content (AvgIpc) is 4.18. The molecule has 0 radical (unpaired) electrons. The number of pyridine rings is 2. The Hall–Kier alpha value is -7.12. The lowest BCUT2D eigenvalue weighted by molar-refractivity contribution is 0.0589. The first-order valence-electron chi connectivity index (χ1n) is 23.5. The highest BCUT2D eigenvalue weighted by atomic mass is 16.6. The van der Waals surface area contributed by atoms with Crippen molar-refractivity contribution >= 4 is 11.8 Å². The standard InChI is InChI=1S/C29H30N2O5.C26H26N2O4/c1-33-28-12-22(8-9-27(28)36-16-19-2-4-20(5-3-19)21-6-7-21)23-14-31(15-23)29(32)26-13-24(10-11-30-26)34-17-25-18-35-25;1-31-25-12-20(21-14-28(15-21)26(30)23-13-22(29)10-11-27-23)8-9-24(25)32-16-17-2-4-18(5-3-17)19-6-7-19/h2-5,8-13,21,23,25H,6-7,14-18H2,1H3;2-5,8-13,19,21H,6-7,14-16H2,1H3,(H,27,29)/t25-;/m0./s1. The number of aromatic amines is 1. The van der Waals surface area contributed by atoms with Crippen LogP contribution < -0.4 is 29.1 Å². The lowest BCUT2D eigenvalue weighted by Gasteiger charge is -2.39. The van der Waals surface area contributed by atoms with Crippen molar-refractivity contribution in [2.24, 2.45) is 0 Å². The summed E-state index contributed by atoms with van der Waals surface area (Å²) in [6, 6.07) is 35.6. The van der Waals surface area contributed by atoms with Crippen molar-refractivity contribution in [2.45, 2.75) is 68.7 Å². The topological polar surface area (TPSA) is 145 Å². The summed E-state index contributed by atoms with van der Waals surface area (Å²) in [5.41, 5.74) is 7.90. The van der Waals surface area contributed by atoms with Crippen LogP contribution in [0.1, 0.15) is 104 Å². The molecule has 13 heteroatoms. The van der Waals surface area contributed by atoms with Crippen LogP contribution in [0.4, 0.5) is 0 Å². The number of hydrogen-bond acceptors (Lipinski definition) is 10. The number of carbonyl (C=O) groups is 2. The minimum absolute atomic E-state index is 0.0843. The van der Waals surface area contributed by atoms with E-state index in [0.717, 1.165) is 46.4 Å². The number of H-pyrrole nitrogens is 1. The van der Waals surface area contributed by atoms with Crippen molar-refractivity contribution in [1.29, 1.82) is 0 Å². The highest BCUT2D eigenvalue weighted by molar-refractivity contribution is 5.93. The Balaban J connectivity index is 0.000000160. The van der Waals surface area contributed by atoms with Crippen LogP contribution in [0, 0.1) is 0 Å². The molecule has 3 saturated heterocycles. The maximum atomic E-state index is 12.9. The summed E-state index contributed by atoms with van der Waals surface area (Å²) in [7, 11) is 3.29. The number of likely N-dealkylation sites (tertiary alicyclic amines) is 2. The molecular weight excluding hydrogens is 861 g/mol. The SMILES string of the molecule is COc1cc(C2CN(C(=O)c3cc(=O)cc[nH]3)C2)ccc1OCc1ccc(C2CC2)cc1.COc1cc(C2CN(C(=O)c3cc(OC[C@H]4CO4)ccn3)C2)ccc1OCc1ccc(C2CC2)cc1. The molecule has 5 fully saturated rings. The molecule has 6 aromatic rings. The molecule has 350 valence electrons. The second-order valence-electron chi connectivity index (χ2n) is 18.3. The normalized spacial score (nSPS) is 17.5. The smallest absolute Gasteiger partial charge is 0.272 e. The first-order chi connectivity index (χ1) is 33.3. The molecule has 0 spiro atoms. The van der Waals surface area contributed by atoms with Gasteiger partial charge in [0.15, 0.2) is 28.4 Å². The lowest BCUT2D eigenvalue weighted by atomic mass is 9.91. The van der Waals surface area contributed by atoms with Gasteiger partial charge in [-0.1, -0.05) is 60.7 Å². The van der Waals surface area contributed by atoms with Crippen LogP contribution >= 0.6 is 0 Å². The fraction of sp³-hybridized carbons (Fsp3) is 0.345. The van der Waals surface area contributed by atoms with Crippen LogP contribution in [0.2, 0.25) is 0 Å². The Morgan fingerprint density at radius 1 is 0.603 bits per heavy atom. The van der Waals surface area contributed by atoms with Gasteiger partial charge in [0.1, 0.15) is 43.1 Å². The van der Waals surface area contributed by atoms with Crippen LogP contribution in [0.25, 0.3) is 0 Å². The van der Waals surface area contributed by atoms with E-state index >= 15 is 0 Å². The first kappa shape index (κ1) is 44.7. The molecule has 0 unspecified atom stereocenters. The molecule has 11 rings (SSSR count). The minimum atomic E-state index is -0.177. The Kier molecular flexibility index (Phi) is 13.1. The molecule has 68 heavy (non-hydrogen) atoms. The molecule has 2 amide bonds. The van der Waals surface area contributed by atoms with Gasteiger partial charge in [-0.25, -0.2) is 0 Å². The number of nitrogens with zero attached hydrogens (tertiary/aromatic N) is 3. The van der Waals surface area contributed by atoms with E-state index in [1.807, 2.05) is 35.2 Å². The zero-order chi connectivity index (χ0) is 46.6. The van der Waals surface area contributed by atoms with Gasteiger partial charge in [0.25, 0.3) is 11.8 Å². The van der Waals surface area contributed by atoms with E-state index in [0.29, 0.717) is 80.4 Å². The van der Waals surface area contributed by atoms with E-state index in [1.165, 1.54) is 55.1 Å². The third-order valence-electron chi connectivity index (χ3n) is 13.3. The quantitative estimate of drug-likeness (QED) is 0.0883. The molecule has 2 aromatic heterocycles. The molecule has 0 bridgehead atoms. The number of rotatable bonds is 17. The molecule has 2 saturated carbocycles. The van der Waals surface area contributed by atoms with Gasteiger partial charge in [0, 0.05) is 68.6 Å². The highest BCUT2D eigenvalue weighted by Gasteiger charge is 2.35. The maximum Gasteiger partial charge on any atom is 0.272 e. The number of carbonyl (C=O) groups excluding carboxylic acids is 2. The second-order valence-corrected chi connectivity index (χ2v) is 18.3. The number of methoxy groups -OCH3 is 2. The predicted octanol–water partition coefficient (Wildman–Crippen LogP) is 8.64. The molecule has 3 aliphatic heterocycles. The van der Waals surface area contributed by atoms with Gasteiger partial charge in [-0.3, -0.25) is 19.4 Å². The summed E-state index contributed by atoms with van der Waals surface area (Å²) in [6.07, 6.45) is 8.50. The largest absolute Gasteiger partial charge is 0.493 e. The van der Waals surface area contributed by atoms with Gasteiger partial charge in [0.2, 0.25) is 0 Å². The zero-order valence-electron chi connectivity index (χ0n) is 38.4. The third-order valence-corrected chi connectivity index (χ3v) is 13.3. The van der Waals surface area contributed by atoms with Gasteiger partial charge in [0.05, 0.1) is 20.8 Å². The Labute approximate surface area is 395 Å². The van der Waals surface area contributed by atoms with Gasteiger partial charge in [-0.15, -0.1) is 0 Å². The summed E-state index contributed by atoms with van der Waals surface area (Å²) >= 11 is 0. The molecule has 1 N–H and O–H groups in total. The van der Waals surface area contributed by atoms with Crippen molar-refractivity contribution in [3.63, 3.8) is 0 Å². The Bertz CT molecular complexity index is 2790. The van der Waals surface area contributed by atoms with Crippen LogP contribution in [0.15, 0.2) is 126 Å². The van der Waals surface area contributed by atoms with Crippen molar-refractivity contribution in [3.8, 4) is 28.7 Å². The summed E-state index contributed by atoms with van der Waals surface area (Å²) in [4.78, 5) is 47.6. The summed E-state index contributed by atoms with van der Waals surface area (Å²) in [5.74, 6) is 5.21. The van der Waals surface area contributed by atoms with Crippen molar-refractivity contribution < 1.29 is 38.0 Å². The van der Waals surface area contributed by atoms with Gasteiger partial charge >= 0.3 is 0 Å². The van der Waals surface area contributed by atoms with Crippen molar-refractivity contribution in [2.75, 3.05) is 53.6 Å². The van der Waals surface area contributed by atoms with Crippen molar-refractivity contribution in [1.82, 2.24) is 19.8 Å². The fourth-order valence-corrected chi connectivity index (χ4v) is 8.63. The number of epoxide rings is 1. The van der Waals surface area contributed by atoms with E-state index in [-0.39, 0.29) is 35.2 Å². The fourth-order valence-electron chi connectivity index (χ4n) is 8.63. The Morgan fingerprint density at radius 3 is 1.60 bits per heavy atom. The highest BCUT2D eigenvalue weighted by Crippen LogP contribution is 2.41. The van der Waals surface area contributed by atoms with E-state index in [2.05, 4.69) is 64.6 Å². The average molecular weight is 917 g/mol. The van der Waals surface area contributed by atoms with Crippen LogP contribution in [-0.2, 0) is 18.0 Å². The predicted molar refractivity (Wildman–Crippen MR) is 255 cm³/mol. The third kappa shape index (κ3) is 10.8. The molecule has 5 aliphatic rings. The van der Waals surface area contributed by atoms with E-state index < -0.39 is 0 Å². The van der Waals surface area contributed by atoms with Gasteiger partial charge in [-0.05, 0) is 101 Å². The van der Waals surface area contributed by atoms with Gasteiger partial charge < -0.3 is 43.2 Å². The second kappa shape index (κ2) is 20.0. The number of hydrogen-bond donors (Lipinski definition) is 1. The van der Waals surface area contributed by atoms with E-state index in [4.69, 9.17) is 28.4 Å². The van der Waals surface area contributed by atoms with Crippen molar-refractivity contribution in [3.05, 3.63) is 177 Å². The number of benzene rings is 4. The molecule has 1 atom stereocenters. The lowest BCUT2D eigenvalue weighted by Crippen LogP contribution is -2.48. The van der Waals surface area contributed by atoms with E-state index in [9.17, 15) is 14.4 Å². The number of aromatic nitrogens is 2. The Morgan fingerprint density at radius 2 is 1.12 bits per heavy atom. The number of nitrogens with one attached hydrogen (secondary N) is 1. The van der Waals surface area contributed by atoms with Crippen LogP contribution in [-0.4, -0.2) is 91.3 Å².